The number of aryl methyl sites for hydroxylation is 1. The molecule has 3 fully saturated rings. The van der Waals surface area contributed by atoms with Gasteiger partial charge in [-0.05, 0) is 80.0 Å². The standard InChI is InChI=1S/C35H34FN7O3/c1-41-32-25(11-20(13-28(32)46-2)35(45)43-16-19-6-10-26(43)30(19)37)39-34(41)27-12-18-5-9-24(38-33(18)42(27)15-17-3-4-17)21-7-8-23(36)22-14-29(44)40-31(21)22/h5,7-9,11-13,17,19,26,30H,3-4,6,10,14-16,37H2,1-2H3,(H,40,44). The van der Waals surface area contributed by atoms with Crippen LogP contribution < -0.4 is 15.8 Å². The number of hydrogen-bond acceptors (Lipinski definition) is 6. The smallest absolute Gasteiger partial charge is 0.254 e. The van der Waals surface area contributed by atoms with Gasteiger partial charge in [0.15, 0.2) is 5.82 Å². The first kappa shape index (κ1) is 27.5. The molecule has 3 aromatic heterocycles. The third-order valence-electron chi connectivity index (χ3n) is 10.6. The highest BCUT2D eigenvalue weighted by molar-refractivity contribution is 6.04. The summed E-state index contributed by atoms with van der Waals surface area (Å²) in [6, 6.07) is 12.9. The molecule has 1 saturated heterocycles. The van der Waals surface area contributed by atoms with E-state index >= 15 is 0 Å². The number of pyridine rings is 1. The summed E-state index contributed by atoms with van der Waals surface area (Å²) in [5.74, 6) is 1.61. The topological polar surface area (TPSA) is 120 Å². The maximum Gasteiger partial charge on any atom is 0.254 e. The summed E-state index contributed by atoms with van der Waals surface area (Å²) in [5.41, 5.74) is 12.4. The SMILES string of the molecule is COc1cc(C(=O)N2CC3CCC2C3N)cc2nc(-c3cc4ccc(-c5ccc(F)c6c5NC(=O)C6)nc4n3CC3CC3)n(C)c12. The highest BCUT2D eigenvalue weighted by Crippen LogP contribution is 2.41. The van der Waals surface area contributed by atoms with Crippen LogP contribution in [-0.2, 0) is 24.8 Å². The Morgan fingerprint density at radius 2 is 1.96 bits per heavy atom. The van der Waals surface area contributed by atoms with Crippen molar-refractivity contribution in [2.75, 3.05) is 19.0 Å². The van der Waals surface area contributed by atoms with Crippen molar-refractivity contribution in [3.05, 3.63) is 59.4 Å². The van der Waals surface area contributed by atoms with E-state index in [4.69, 9.17) is 20.4 Å². The number of benzene rings is 2. The van der Waals surface area contributed by atoms with E-state index in [-0.39, 0.29) is 30.3 Å². The van der Waals surface area contributed by atoms with Gasteiger partial charge in [0.1, 0.15) is 22.7 Å². The summed E-state index contributed by atoms with van der Waals surface area (Å²) in [5, 5.41) is 3.79. The second-order valence-corrected chi connectivity index (χ2v) is 13.3. The molecule has 2 aromatic carbocycles. The van der Waals surface area contributed by atoms with E-state index in [1.165, 1.54) is 6.07 Å². The van der Waals surface area contributed by atoms with Gasteiger partial charge in [-0.15, -0.1) is 0 Å². The number of hydrogen-bond donors (Lipinski definition) is 2. The number of nitrogens with two attached hydrogens (primary N) is 1. The lowest BCUT2D eigenvalue weighted by Crippen LogP contribution is -2.41. The molecule has 2 saturated carbocycles. The van der Waals surface area contributed by atoms with Gasteiger partial charge in [-0.2, -0.15) is 0 Å². The molecular formula is C35H34FN7O3. The zero-order chi connectivity index (χ0) is 31.4. The molecule has 3 N–H and O–H groups in total. The number of imidazole rings is 1. The van der Waals surface area contributed by atoms with Crippen molar-refractivity contribution in [1.82, 2.24) is 24.0 Å². The number of methoxy groups -OCH3 is 1. The Bertz CT molecular complexity index is 2130. The molecule has 234 valence electrons. The van der Waals surface area contributed by atoms with Crippen LogP contribution in [0.5, 0.6) is 5.75 Å². The van der Waals surface area contributed by atoms with E-state index in [9.17, 15) is 14.0 Å². The van der Waals surface area contributed by atoms with Crippen LogP contribution >= 0.6 is 0 Å². The molecule has 2 amide bonds. The van der Waals surface area contributed by atoms with Crippen molar-refractivity contribution in [3.63, 3.8) is 0 Å². The second-order valence-electron chi connectivity index (χ2n) is 13.3. The summed E-state index contributed by atoms with van der Waals surface area (Å²) in [7, 11) is 3.59. The van der Waals surface area contributed by atoms with Crippen LogP contribution in [0.2, 0.25) is 0 Å². The van der Waals surface area contributed by atoms with E-state index in [0.717, 1.165) is 60.3 Å². The van der Waals surface area contributed by atoms with E-state index in [1.54, 1.807) is 13.2 Å². The lowest BCUT2D eigenvalue weighted by Gasteiger charge is -2.27. The monoisotopic (exact) mass is 619 g/mol. The lowest BCUT2D eigenvalue weighted by molar-refractivity contribution is -0.115. The molecule has 5 aromatic rings. The molecule has 46 heavy (non-hydrogen) atoms. The van der Waals surface area contributed by atoms with Gasteiger partial charge in [0.05, 0.1) is 36.1 Å². The fourth-order valence-corrected chi connectivity index (χ4v) is 7.97. The summed E-state index contributed by atoms with van der Waals surface area (Å²) >= 11 is 0. The summed E-state index contributed by atoms with van der Waals surface area (Å²) in [4.78, 5) is 38.0. The zero-order valence-electron chi connectivity index (χ0n) is 25.7. The number of anilines is 1. The first-order valence-electron chi connectivity index (χ1n) is 16.0. The first-order chi connectivity index (χ1) is 22.3. The van der Waals surface area contributed by atoms with E-state index < -0.39 is 5.82 Å². The number of halogens is 1. The van der Waals surface area contributed by atoms with Crippen LogP contribution in [0.25, 0.3) is 44.8 Å². The minimum atomic E-state index is -0.393. The molecule has 2 aliphatic carbocycles. The van der Waals surface area contributed by atoms with Crippen LogP contribution in [0, 0.1) is 17.7 Å². The number of carbonyl (C=O) groups is 2. The Hall–Kier alpha value is -4.77. The highest BCUT2D eigenvalue weighted by atomic mass is 19.1. The number of ether oxygens (including phenoxy) is 1. The van der Waals surface area contributed by atoms with Crippen LogP contribution in [0.4, 0.5) is 10.1 Å². The fraction of sp³-hybridized carbons (Fsp3) is 0.371. The predicted octanol–water partition coefficient (Wildman–Crippen LogP) is 4.87. The van der Waals surface area contributed by atoms with Gasteiger partial charge < -0.3 is 29.8 Å². The molecule has 10 nitrogen and oxygen atoms in total. The molecule has 3 unspecified atom stereocenters. The van der Waals surface area contributed by atoms with Crippen LogP contribution in [-0.4, -0.2) is 61.6 Å². The number of amides is 2. The number of nitrogens with zero attached hydrogens (tertiary/aromatic N) is 5. The van der Waals surface area contributed by atoms with Crippen molar-refractivity contribution in [2.24, 2.45) is 24.6 Å². The van der Waals surface area contributed by atoms with Gasteiger partial charge in [-0.3, -0.25) is 9.59 Å². The summed E-state index contributed by atoms with van der Waals surface area (Å²) < 4.78 is 24.6. The number of aromatic nitrogens is 4. The molecule has 0 spiro atoms. The quantitative estimate of drug-likeness (QED) is 0.280. The number of carbonyl (C=O) groups excluding carboxylic acids is 2. The Kier molecular flexibility index (Phi) is 5.90. The molecule has 5 heterocycles. The molecule has 9 rings (SSSR count). The van der Waals surface area contributed by atoms with Gasteiger partial charge >= 0.3 is 0 Å². The number of likely N-dealkylation sites (tertiary alicyclic amines) is 1. The Morgan fingerprint density at radius 3 is 2.70 bits per heavy atom. The first-order valence-corrected chi connectivity index (χ1v) is 16.0. The van der Waals surface area contributed by atoms with Gasteiger partial charge in [-0.25, -0.2) is 14.4 Å². The largest absolute Gasteiger partial charge is 0.494 e. The molecular weight excluding hydrogens is 585 g/mol. The van der Waals surface area contributed by atoms with Crippen LogP contribution in [0.1, 0.15) is 41.6 Å². The lowest BCUT2D eigenvalue weighted by atomic mass is 10.0. The van der Waals surface area contributed by atoms with Crippen molar-refractivity contribution in [3.8, 4) is 28.5 Å². The molecule has 0 radical (unpaired) electrons. The predicted molar refractivity (Wildman–Crippen MR) is 172 cm³/mol. The number of piperidine rings is 1. The van der Waals surface area contributed by atoms with Gasteiger partial charge in [0.25, 0.3) is 5.91 Å². The molecule has 4 aliphatic rings. The number of nitrogens with one attached hydrogen (secondary N) is 1. The van der Waals surface area contributed by atoms with Crippen molar-refractivity contribution in [1.29, 1.82) is 0 Å². The molecule has 11 heteroatoms. The van der Waals surface area contributed by atoms with E-state index in [2.05, 4.69) is 16.0 Å². The van der Waals surface area contributed by atoms with E-state index in [0.29, 0.717) is 57.7 Å². The Morgan fingerprint density at radius 1 is 1.11 bits per heavy atom. The average Bonchev–Trinajstić information content (AvgIpc) is 3.28. The highest BCUT2D eigenvalue weighted by Gasteiger charge is 2.47. The minimum absolute atomic E-state index is 0.0234. The van der Waals surface area contributed by atoms with Crippen molar-refractivity contribution < 1.29 is 18.7 Å². The van der Waals surface area contributed by atoms with Gasteiger partial charge in [0.2, 0.25) is 5.91 Å². The normalized spacial score (nSPS) is 21.9. The van der Waals surface area contributed by atoms with Gasteiger partial charge in [-0.1, -0.05) is 0 Å². The number of fused-ring (bicyclic) bond motifs is 5. The molecule has 2 aliphatic heterocycles. The number of rotatable bonds is 6. The second kappa shape index (κ2) is 9.86. The Labute approximate surface area is 264 Å². The van der Waals surface area contributed by atoms with E-state index in [1.807, 2.05) is 40.8 Å². The summed E-state index contributed by atoms with van der Waals surface area (Å²) in [6.07, 6.45) is 4.36. The molecule has 2 bridgehead atoms. The minimum Gasteiger partial charge on any atom is -0.494 e. The molecule has 3 atom stereocenters. The maximum absolute atomic E-state index is 14.5. The van der Waals surface area contributed by atoms with Crippen LogP contribution in [0.3, 0.4) is 0 Å². The maximum atomic E-state index is 14.5. The van der Waals surface area contributed by atoms with Crippen LogP contribution in [0.15, 0.2) is 42.5 Å². The third-order valence-corrected chi connectivity index (χ3v) is 10.6. The van der Waals surface area contributed by atoms with Gasteiger partial charge in [0, 0.05) is 54.3 Å². The van der Waals surface area contributed by atoms with Crippen molar-refractivity contribution >= 4 is 39.6 Å². The van der Waals surface area contributed by atoms with Crippen molar-refractivity contribution in [2.45, 2.75) is 50.7 Å². The summed E-state index contributed by atoms with van der Waals surface area (Å²) in [6.45, 7) is 1.48. The Balaban J connectivity index is 1.16. The third kappa shape index (κ3) is 4.03. The average molecular weight is 620 g/mol. The zero-order valence-corrected chi connectivity index (χ0v) is 25.7. The fourth-order valence-electron chi connectivity index (χ4n) is 7.97.